The average molecular weight is 423 g/mol. The first-order valence-electron chi connectivity index (χ1n) is 10.2. The van der Waals surface area contributed by atoms with Crippen molar-refractivity contribution >= 4 is 21.4 Å². The molecule has 4 rings (SSSR count). The van der Waals surface area contributed by atoms with Crippen molar-refractivity contribution in [1.82, 2.24) is 10.3 Å². The van der Waals surface area contributed by atoms with Gasteiger partial charge in [0.1, 0.15) is 0 Å². The lowest BCUT2D eigenvalue weighted by Crippen LogP contribution is -2.42. The van der Waals surface area contributed by atoms with E-state index in [0.29, 0.717) is 11.7 Å². The lowest BCUT2D eigenvalue weighted by molar-refractivity contribution is 0.414. The van der Waals surface area contributed by atoms with Gasteiger partial charge >= 0.3 is 0 Å². The molecule has 156 valence electrons. The molecule has 2 aromatic carbocycles. The van der Waals surface area contributed by atoms with Crippen LogP contribution in [0.1, 0.15) is 18.4 Å². The first kappa shape index (κ1) is 20.4. The number of nitrogens with zero attached hydrogens (tertiary/aromatic N) is 2. The fraction of sp³-hybridized carbons (Fsp3) is 0.261. The van der Waals surface area contributed by atoms with E-state index in [1.54, 1.807) is 36.5 Å². The fourth-order valence-corrected chi connectivity index (χ4v) is 4.74. The molecule has 0 radical (unpaired) electrons. The van der Waals surface area contributed by atoms with E-state index in [1.165, 1.54) is 5.56 Å². The zero-order valence-corrected chi connectivity index (χ0v) is 17.6. The summed E-state index contributed by atoms with van der Waals surface area (Å²) < 4.78 is 27.6. The van der Waals surface area contributed by atoms with Crippen molar-refractivity contribution in [1.29, 1.82) is 0 Å². The molecule has 1 aliphatic rings. The summed E-state index contributed by atoms with van der Waals surface area (Å²) in [6.45, 7) is 2.79. The van der Waals surface area contributed by atoms with Gasteiger partial charge in [-0.25, -0.2) is 8.42 Å². The van der Waals surface area contributed by atoms with Crippen molar-refractivity contribution in [2.45, 2.75) is 30.3 Å². The molecule has 0 aliphatic carbocycles. The second-order valence-electron chi connectivity index (χ2n) is 7.47. The monoisotopic (exact) mass is 422 g/mol. The lowest BCUT2D eigenvalue weighted by atomic mass is 10.0. The summed E-state index contributed by atoms with van der Waals surface area (Å²) in [6, 6.07) is 20.5. The van der Waals surface area contributed by atoms with Gasteiger partial charge in [0.05, 0.1) is 4.90 Å². The molecule has 0 atom stereocenters. The molecule has 1 saturated heterocycles. The van der Waals surface area contributed by atoms with E-state index < -0.39 is 10.0 Å². The second kappa shape index (κ2) is 9.28. The van der Waals surface area contributed by atoms with Crippen LogP contribution in [0.2, 0.25) is 0 Å². The number of rotatable bonds is 7. The van der Waals surface area contributed by atoms with E-state index in [1.807, 2.05) is 36.5 Å². The van der Waals surface area contributed by atoms with Crippen molar-refractivity contribution in [2.75, 3.05) is 22.7 Å². The lowest BCUT2D eigenvalue weighted by Gasteiger charge is -2.34. The predicted molar refractivity (Wildman–Crippen MR) is 120 cm³/mol. The number of anilines is 2. The number of pyridine rings is 1. The minimum Gasteiger partial charge on any atom is -0.371 e. The Hall–Kier alpha value is -2.90. The van der Waals surface area contributed by atoms with Crippen molar-refractivity contribution in [2.24, 2.45) is 0 Å². The van der Waals surface area contributed by atoms with Gasteiger partial charge in [-0.1, -0.05) is 24.3 Å². The van der Waals surface area contributed by atoms with Crippen LogP contribution in [0.15, 0.2) is 84.0 Å². The summed E-state index contributed by atoms with van der Waals surface area (Å²) in [4.78, 5) is 6.76. The first-order chi connectivity index (χ1) is 14.6. The van der Waals surface area contributed by atoms with Crippen LogP contribution >= 0.6 is 0 Å². The first-order valence-corrected chi connectivity index (χ1v) is 11.6. The molecule has 7 heteroatoms. The summed E-state index contributed by atoms with van der Waals surface area (Å²) in [6.07, 6.45) is 5.83. The Morgan fingerprint density at radius 2 is 1.67 bits per heavy atom. The summed E-state index contributed by atoms with van der Waals surface area (Å²) in [5, 5.41) is 3.62. The van der Waals surface area contributed by atoms with Crippen molar-refractivity contribution in [3.05, 3.63) is 84.7 Å². The van der Waals surface area contributed by atoms with Crippen molar-refractivity contribution in [3.63, 3.8) is 0 Å². The molecule has 1 aliphatic heterocycles. The maximum Gasteiger partial charge on any atom is 0.261 e. The Balaban J connectivity index is 1.30. The van der Waals surface area contributed by atoms with Crippen LogP contribution < -0.4 is 14.9 Å². The zero-order chi connectivity index (χ0) is 20.8. The predicted octanol–water partition coefficient (Wildman–Crippen LogP) is 3.64. The summed E-state index contributed by atoms with van der Waals surface area (Å²) in [5.74, 6) is 0. The van der Waals surface area contributed by atoms with E-state index in [4.69, 9.17) is 0 Å². The Labute approximate surface area is 178 Å². The molecule has 0 amide bonds. The number of sulfonamides is 1. The molecule has 0 spiro atoms. The highest BCUT2D eigenvalue weighted by Crippen LogP contribution is 2.23. The highest BCUT2D eigenvalue weighted by Gasteiger charge is 2.19. The SMILES string of the molecule is O=S(=O)(Nc1ccc(N2CCC(NCc3cccnc3)CC2)cc1)c1ccccc1. The topological polar surface area (TPSA) is 74.3 Å². The number of piperidine rings is 1. The average Bonchev–Trinajstić information content (AvgIpc) is 2.80. The normalized spacial score (nSPS) is 15.1. The molecule has 1 fully saturated rings. The third kappa shape index (κ3) is 5.17. The third-order valence-corrected chi connectivity index (χ3v) is 6.75. The van der Waals surface area contributed by atoms with E-state index in [0.717, 1.165) is 38.2 Å². The van der Waals surface area contributed by atoms with Crippen molar-refractivity contribution < 1.29 is 8.42 Å². The minimum absolute atomic E-state index is 0.259. The fourth-order valence-electron chi connectivity index (χ4n) is 3.66. The van der Waals surface area contributed by atoms with Gasteiger partial charge in [-0.15, -0.1) is 0 Å². The van der Waals surface area contributed by atoms with Gasteiger partial charge in [0, 0.05) is 49.4 Å². The van der Waals surface area contributed by atoms with Crippen LogP contribution in [0.25, 0.3) is 0 Å². The third-order valence-electron chi connectivity index (χ3n) is 5.35. The van der Waals surface area contributed by atoms with E-state index in [2.05, 4.69) is 26.0 Å². The molecule has 0 bridgehead atoms. The second-order valence-corrected chi connectivity index (χ2v) is 9.15. The molecule has 1 aromatic heterocycles. The molecular weight excluding hydrogens is 396 g/mol. The van der Waals surface area contributed by atoms with E-state index in [-0.39, 0.29) is 4.90 Å². The van der Waals surface area contributed by atoms with Gasteiger partial charge in [0.2, 0.25) is 0 Å². The molecule has 30 heavy (non-hydrogen) atoms. The number of hydrogen-bond donors (Lipinski definition) is 2. The standard InChI is InChI=1S/C23H26N4O2S/c28-30(29,23-6-2-1-3-7-23)26-21-8-10-22(11-9-21)27-15-12-20(13-16-27)25-18-19-5-4-14-24-17-19/h1-11,14,17,20,25-26H,12-13,15-16,18H2. The van der Waals surface area contributed by atoms with Gasteiger partial charge in [0.25, 0.3) is 10.0 Å². The van der Waals surface area contributed by atoms with Crippen LogP contribution in [-0.4, -0.2) is 32.5 Å². The largest absolute Gasteiger partial charge is 0.371 e. The molecule has 0 unspecified atom stereocenters. The molecular formula is C23H26N4O2S. The Kier molecular flexibility index (Phi) is 6.30. The molecule has 2 N–H and O–H groups in total. The molecule has 2 heterocycles. The molecule has 6 nitrogen and oxygen atoms in total. The van der Waals surface area contributed by atoms with Crippen LogP contribution in [0.4, 0.5) is 11.4 Å². The van der Waals surface area contributed by atoms with Gasteiger partial charge in [0.15, 0.2) is 0 Å². The summed E-state index contributed by atoms with van der Waals surface area (Å²) >= 11 is 0. The minimum atomic E-state index is -3.56. The highest BCUT2D eigenvalue weighted by atomic mass is 32.2. The Morgan fingerprint density at radius 1 is 0.933 bits per heavy atom. The maximum atomic E-state index is 12.5. The Bertz CT molecular complexity index is 1030. The smallest absolute Gasteiger partial charge is 0.261 e. The van der Waals surface area contributed by atoms with Crippen LogP contribution in [-0.2, 0) is 16.6 Å². The van der Waals surface area contributed by atoms with Gasteiger partial charge < -0.3 is 10.2 Å². The Morgan fingerprint density at radius 3 is 2.33 bits per heavy atom. The number of hydrogen-bond acceptors (Lipinski definition) is 5. The molecule has 3 aromatic rings. The summed E-state index contributed by atoms with van der Waals surface area (Å²) in [5.41, 5.74) is 2.88. The quantitative estimate of drug-likeness (QED) is 0.608. The van der Waals surface area contributed by atoms with Gasteiger partial charge in [-0.05, 0) is 60.9 Å². The zero-order valence-electron chi connectivity index (χ0n) is 16.7. The number of nitrogens with one attached hydrogen (secondary N) is 2. The highest BCUT2D eigenvalue weighted by molar-refractivity contribution is 7.92. The van der Waals surface area contributed by atoms with Gasteiger partial charge in [-0.3, -0.25) is 9.71 Å². The van der Waals surface area contributed by atoms with Crippen LogP contribution in [0.3, 0.4) is 0 Å². The maximum absolute atomic E-state index is 12.5. The number of aromatic nitrogens is 1. The van der Waals surface area contributed by atoms with Crippen molar-refractivity contribution in [3.8, 4) is 0 Å². The molecule has 0 saturated carbocycles. The van der Waals surface area contributed by atoms with Gasteiger partial charge in [-0.2, -0.15) is 0 Å². The van der Waals surface area contributed by atoms with E-state index >= 15 is 0 Å². The van der Waals surface area contributed by atoms with Crippen LogP contribution in [0.5, 0.6) is 0 Å². The van der Waals surface area contributed by atoms with Crippen LogP contribution in [0, 0.1) is 0 Å². The summed E-state index contributed by atoms with van der Waals surface area (Å²) in [7, 11) is -3.56. The van der Waals surface area contributed by atoms with E-state index in [9.17, 15) is 8.42 Å². The number of benzene rings is 2.